The van der Waals surface area contributed by atoms with Gasteiger partial charge in [-0.3, -0.25) is 4.79 Å². The molecule has 3 nitrogen and oxygen atoms in total. The summed E-state index contributed by atoms with van der Waals surface area (Å²) < 4.78 is 25.1. The number of rotatable bonds is 2. The standard InChI is InChI=1S/C16H16O3S/c1-11-9-12(2)15(13(3)10-11)20(18,19)16(17)14-7-5-4-6-8-14/h4-10H,1-3H3. The number of hydrogen-bond donors (Lipinski definition) is 0. The predicted molar refractivity (Wildman–Crippen MR) is 78.6 cm³/mol. The van der Waals surface area contributed by atoms with Crippen molar-refractivity contribution in [3.05, 3.63) is 64.7 Å². The molecule has 0 aliphatic carbocycles. The zero-order valence-electron chi connectivity index (χ0n) is 11.7. The highest BCUT2D eigenvalue weighted by Crippen LogP contribution is 2.25. The Morgan fingerprint density at radius 1 is 0.900 bits per heavy atom. The van der Waals surface area contributed by atoms with E-state index < -0.39 is 15.0 Å². The van der Waals surface area contributed by atoms with Gasteiger partial charge in [0.05, 0.1) is 4.90 Å². The summed E-state index contributed by atoms with van der Waals surface area (Å²) in [6, 6.07) is 11.6. The van der Waals surface area contributed by atoms with Gasteiger partial charge in [0.15, 0.2) is 0 Å². The van der Waals surface area contributed by atoms with Gasteiger partial charge in [0, 0.05) is 5.56 Å². The van der Waals surface area contributed by atoms with Crippen LogP contribution < -0.4 is 0 Å². The number of benzene rings is 2. The fourth-order valence-corrected chi connectivity index (χ4v) is 4.01. The average molecular weight is 288 g/mol. The molecule has 0 N–H and O–H groups in total. The zero-order chi connectivity index (χ0) is 14.9. The van der Waals surface area contributed by atoms with E-state index in [1.165, 1.54) is 12.1 Å². The van der Waals surface area contributed by atoms with Crippen molar-refractivity contribution in [2.45, 2.75) is 25.7 Å². The van der Waals surface area contributed by atoms with Gasteiger partial charge in [-0.15, -0.1) is 0 Å². The van der Waals surface area contributed by atoms with Crippen LogP contribution in [0.1, 0.15) is 27.0 Å². The first-order chi connectivity index (χ1) is 9.34. The molecule has 4 heteroatoms. The van der Waals surface area contributed by atoms with Crippen molar-refractivity contribution < 1.29 is 13.2 Å². The largest absolute Gasteiger partial charge is 0.281 e. The van der Waals surface area contributed by atoms with Crippen LogP contribution in [0.2, 0.25) is 0 Å². The van der Waals surface area contributed by atoms with Gasteiger partial charge in [0.25, 0.3) is 5.12 Å². The predicted octanol–water partition coefficient (Wildman–Crippen LogP) is 3.23. The lowest BCUT2D eigenvalue weighted by atomic mass is 10.1. The summed E-state index contributed by atoms with van der Waals surface area (Å²) in [5.41, 5.74) is 2.37. The van der Waals surface area contributed by atoms with Crippen LogP contribution in [0, 0.1) is 20.8 Å². The molecule has 0 amide bonds. The molecular formula is C16H16O3S. The molecule has 0 fully saturated rings. The van der Waals surface area contributed by atoms with E-state index in [2.05, 4.69) is 0 Å². The van der Waals surface area contributed by atoms with Crippen molar-refractivity contribution in [1.29, 1.82) is 0 Å². The second-order valence-corrected chi connectivity index (χ2v) is 6.67. The Kier molecular flexibility index (Phi) is 3.77. The smallest absolute Gasteiger partial charge is 0.276 e. The number of sulfone groups is 1. The summed E-state index contributed by atoms with van der Waals surface area (Å²) in [7, 11) is -4.01. The van der Waals surface area contributed by atoms with E-state index in [-0.39, 0.29) is 10.5 Å². The van der Waals surface area contributed by atoms with Crippen LogP contribution in [0.5, 0.6) is 0 Å². The molecule has 2 aromatic rings. The Morgan fingerprint density at radius 3 is 1.90 bits per heavy atom. The van der Waals surface area contributed by atoms with Gasteiger partial charge in [0.2, 0.25) is 9.84 Å². The molecule has 0 unspecified atom stereocenters. The molecule has 2 rings (SSSR count). The number of aryl methyl sites for hydroxylation is 3. The summed E-state index contributed by atoms with van der Waals surface area (Å²) in [5, 5.41) is -0.854. The maximum absolute atomic E-state index is 12.5. The Balaban J connectivity index is 2.60. The van der Waals surface area contributed by atoms with Crippen LogP contribution in [0.25, 0.3) is 0 Å². The van der Waals surface area contributed by atoms with Gasteiger partial charge >= 0.3 is 0 Å². The number of carbonyl (C=O) groups is 1. The fraction of sp³-hybridized carbons (Fsp3) is 0.188. The highest BCUT2D eigenvalue weighted by atomic mass is 32.2. The zero-order valence-corrected chi connectivity index (χ0v) is 12.5. The van der Waals surface area contributed by atoms with Crippen LogP contribution in [0.4, 0.5) is 0 Å². The Bertz CT molecular complexity index is 737. The van der Waals surface area contributed by atoms with E-state index in [0.717, 1.165) is 5.56 Å². The normalized spacial score (nSPS) is 11.3. The van der Waals surface area contributed by atoms with Crippen molar-refractivity contribution in [1.82, 2.24) is 0 Å². The molecule has 0 saturated carbocycles. The molecule has 0 bridgehead atoms. The van der Waals surface area contributed by atoms with E-state index in [4.69, 9.17) is 0 Å². The Labute approximate surface area is 119 Å². The topological polar surface area (TPSA) is 51.2 Å². The monoisotopic (exact) mass is 288 g/mol. The lowest BCUT2D eigenvalue weighted by Crippen LogP contribution is -2.17. The SMILES string of the molecule is Cc1cc(C)c(S(=O)(=O)C(=O)c2ccccc2)c(C)c1. The second-order valence-electron chi connectivity index (χ2n) is 4.88. The van der Waals surface area contributed by atoms with Gasteiger partial charge < -0.3 is 0 Å². The minimum atomic E-state index is -4.01. The fourth-order valence-electron chi connectivity index (χ4n) is 2.41. The summed E-state index contributed by atoms with van der Waals surface area (Å²) in [5.74, 6) is 0. The first kappa shape index (κ1) is 14.5. The summed E-state index contributed by atoms with van der Waals surface area (Å²) in [6.07, 6.45) is 0. The van der Waals surface area contributed by atoms with Crippen molar-refractivity contribution in [2.24, 2.45) is 0 Å². The number of hydrogen-bond acceptors (Lipinski definition) is 3. The lowest BCUT2D eigenvalue weighted by Gasteiger charge is -2.11. The summed E-state index contributed by atoms with van der Waals surface area (Å²) in [6.45, 7) is 5.33. The van der Waals surface area contributed by atoms with E-state index in [1.807, 2.05) is 6.92 Å². The van der Waals surface area contributed by atoms with Crippen LogP contribution >= 0.6 is 0 Å². The van der Waals surface area contributed by atoms with Crippen LogP contribution in [0.15, 0.2) is 47.4 Å². The maximum atomic E-state index is 12.5. The van der Waals surface area contributed by atoms with Crippen molar-refractivity contribution in [3.63, 3.8) is 0 Å². The summed E-state index contributed by atoms with van der Waals surface area (Å²) in [4.78, 5) is 12.4. The molecule has 0 atom stereocenters. The van der Waals surface area contributed by atoms with Crippen molar-refractivity contribution in [3.8, 4) is 0 Å². The van der Waals surface area contributed by atoms with Gasteiger partial charge in [0.1, 0.15) is 0 Å². The minimum Gasteiger partial charge on any atom is -0.276 e. The highest BCUT2D eigenvalue weighted by molar-refractivity contribution is 8.06. The molecule has 0 aliphatic rings. The number of carbonyl (C=O) groups excluding carboxylic acids is 1. The first-order valence-electron chi connectivity index (χ1n) is 6.26. The molecule has 0 heterocycles. The minimum absolute atomic E-state index is 0.122. The molecule has 0 radical (unpaired) electrons. The van der Waals surface area contributed by atoms with Gasteiger partial charge in [-0.05, 0) is 31.9 Å². The average Bonchev–Trinajstić information content (AvgIpc) is 2.37. The molecule has 0 aromatic heterocycles. The van der Waals surface area contributed by atoms with E-state index in [9.17, 15) is 13.2 Å². The Morgan fingerprint density at radius 2 is 1.40 bits per heavy atom. The second kappa shape index (κ2) is 5.21. The third kappa shape index (κ3) is 2.51. The third-order valence-corrected chi connectivity index (χ3v) is 5.03. The lowest BCUT2D eigenvalue weighted by molar-refractivity contribution is 0.107. The molecule has 20 heavy (non-hydrogen) atoms. The molecule has 0 aliphatic heterocycles. The van der Waals surface area contributed by atoms with E-state index in [0.29, 0.717) is 11.1 Å². The van der Waals surface area contributed by atoms with Gasteiger partial charge in [-0.2, -0.15) is 0 Å². The van der Waals surface area contributed by atoms with E-state index >= 15 is 0 Å². The van der Waals surface area contributed by atoms with Crippen molar-refractivity contribution in [2.75, 3.05) is 0 Å². The summed E-state index contributed by atoms with van der Waals surface area (Å²) >= 11 is 0. The molecule has 104 valence electrons. The first-order valence-corrected chi connectivity index (χ1v) is 7.74. The van der Waals surface area contributed by atoms with Crippen molar-refractivity contribution >= 4 is 15.0 Å². The quantitative estimate of drug-likeness (QED) is 0.852. The Hall–Kier alpha value is -1.94. The molecule has 2 aromatic carbocycles. The van der Waals surface area contributed by atoms with Crippen LogP contribution in [-0.2, 0) is 9.84 Å². The van der Waals surface area contributed by atoms with Gasteiger partial charge in [-0.25, -0.2) is 8.42 Å². The van der Waals surface area contributed by atoms with Crippen LogP contribution in [0.3, 0.4) is 0 Å². The van der Waals surface area contributed by atoms with Crippen LogP contribution in [-0.4, -0.2) is 13.5 Å². The maximum Gasteiger partial charge on any atom is 0.281 e. The third-order valence-electron chi connectivity index (χ3n) is 3.13. The molecule has 0 spiro atoms. The molecular weight excluding hydrogens is 272 g/mol. The highest BCUT2D eigenvalue weighted by Gasteiger charge is 2.29. The molecule has 0 saturated heterocycles. The van der Waals surface area contributed by atoms with E-state index in [1.54, 1.807) is 44.2 Å². The van der Waals surface area contributed by atoms with Gasteiger partial charge in [-0.1, -0.05) is 48.0 Å².